The Bertz CT molecular complexity index is 1490. The van der Waals surface area contributed by atoms with Gasteiger partial charge in [0.2, 0.25) is 11.8 Å². The van der Waals surface area contributed by atoms with Crippen LogP contribution in [0.25, 0.3) is 50.4 Å². The zero-order valence-electron chi connectivity index (χ0n) is 17.0. The Hall–Kier alpha value is -4.18. The molecule has 4 nitrogen and oxygen atoms in total. The molecule has 0 amide bonds. The number of rotatable bonds is 3. The molecule has 0 saturated carbocycles. The Balaban J connectivity index is 1.48. The molecule has 31 heavy (non-hydrogen) atoms. The predicted octanol–water partition coefficient (Wildman–Crippen LogP) is 6.81. The number of benzene rings is 4. The van der Waals surface area contributed by atoms with E-state index in [4.69, 9.17) is 4.42 Å². The molecule has 0 bridgehead atoms. The molecule has 0 unspecified atom stereocenters. The molecule has 0 aliphatic heterocycles. The summed E-state index contributed by atoms with van der Waals surface area (Å²) in [6.45, 7) is 2.06. The third kappa shape index (κ3) is 2.92. The number of fused-ring (bicyclic) bond motifs is 3. The highest BCUT2D eigenvalue weighted by Crippen LogP contribution is 2.33. The molecule has 0 radical (unpaired) electrons. The Morgan fingerprint density at radius 2 is 1.23 bits per heavy atom. The monoisotopic (exact) mass is 401 g/mol. The standard InChI is InChI=1S/C27H19N3O/c1-18-13-15-19(16-14-18)26-28-29-27(31-26)20-7-6-8-21(17-20)30-24-11-4-2-9-22(24)23-10-3-5-12-25(23)30/h2-17H,1H3. The Morgan fingerprint density at radius 1 is 0.613 bits per heavy atom. The van der Waals surface area contributed by atoms with Crippen LogP contribution in [0.5, 0.6) is 0 Å². The van der Waals surface area contributed by atoms with Crippen LogP contribution in [-0.2, 0) is 0 Å². The fraction of sp³-hybridized carbons (Fsp3) is 0.0370. The molecule has 148 valence electrons. The minimum absolute atomic E-state index is 0.512. The average Bonchev–Trinajstić information content (AvgIpc) is 3.43. The Labute approximate surface area is 179 Å². The van der Waals surface area contributed by atoms with Crippen molar-refractivity contribution in [2.75, 3.05) is 0 Å². The first-order chi connectivity index (χ1) is 15.3. The van der Waals surface area contributed by atoms with E-state index >= 15 is 0 Å². The van der Waals surface area contributed by atoms with Crippen molar-refractivity contribution < 1.29 is 4.42 Å². The average molecular weight is 401 g/mol. The third-order valence-electron chi connectivity index (χ3n) is 5.65. The smallest absolute Gasteiger partial charge is 0.248 e. The normalized spacial score (nSPS) is 11.4. The van der Waals surface area contributed by atoms with E-state index < -0.39 is 0 Å². The van der Waals surface area contributed by atoms with E-state index in [1.54, 1.807) is 0 Å². The van der Waals surface area contributed by atoms with Gasteiger partial charge in [-0.25, -0.2) is 0 Å². The molecule has 0 atom stereocenters. The molecule has 0 aliphatic rings. The van der Waals surface area contributed by atoms with Gasteiger partial charge in [0.25, 0.3) is 0 Å². The predicted molar refractivity (Wildman–Crippen MR) is 124 cm³/mol. The van der Waals surface area contributed by atoms with Gasteiger partial charge < -0.3 is 8.98 Å². The summed E-state index contributed by atoms with van der Waals surface area (Å²) in [5.41, 5.74) is 6.42. The summed E-state index contributed by atoms with van der Waals surface area (Å²) in [6, 6.07) is 33.3. The third-order valence-corrected chi connectivity index (χ3v) is 5.65. The van der Waals surface area contributed by atoms with E-state index in [1.807, 2.05) is 36.4 Å². The van der Waals surface area contributed by atoms with Crippen molar-refractivity contribution in [3.63, 3.8) is 0 Å². The highest BCUT2D eigenvalue weighted by molar-refractivity contribution is 6.09. The first-order valence-corrected chi connectivity index (χ1v) is 10.3. The molecule has 4 heteroatoms. The number of aryl methyl sites for hydroxylation is 1. The summed E-state index contributed by atoms with van der Waals surface area (Å²) in [6.07, 6.45) is 0. The SMILES string of the molecule is Cc1ccc(-c2nnc(-c3cccc(-n4c5ccccc5c5ccccc54)c3)o2)cc1. The lowest BCUT2D eigenvalue weighted by Crippen LogP contribution is -1.94. The molecule has 0 aliphatic carbocycles. The van der Waals surface area contributed by atoms with Crippen LogP contribution in [-0.4, -0.2) is 14.8 Å². The number of aromatic nitrogens is 3. The van der Waals surface area contributed by atoms with Crippen molar-refractivity contribution in [1.29, 1.82) is 0 Å². The first kappa shape index (κ1) is 17.7. The molecule has 6 aromatic rings. The first-order valence-electron chi connectivity index (χ1n) is 10.3. The summed E-state index contributed by atoms with van der Waals surface area (Å²) < 4.78 is 8.29. The molecule has 4 aromatic carbocycles. The fourth-order valence-electron chi connectivity index (χ4n) is 4.13. The molecule has 6 rings (SSSR count). The summed E-state index contributed by atoms with van der Waals surface area (Å²) >= 11 is 0. The largest absolute Gasteiger partial charge is 0.416 e. The molecule has 0 fully saturated rings. The van der Waals surface area contributed by atoms with Crippen molar-refractivity contribution in [2.45, 2.75) is 6.92 Å². The number of para-hydroxylation sites is 2. The highest BCUT2D eigenvalue weighted by Gasteiger charge is 2.14. The Morgan fingerprint density at radius 3 is 1.90 bits per heavy atom. The maximum atomic E-state index is 6.01. The zero-order valence-corrected chi connectivity index (χ0v) is 17.0. The van der Waals surface area contributed by atoms with Crippen molar-refractivity contribution in [3.05, 3.63) is 103 Å². The van der Waals surface area contributed by atoms with Crippen molar-refractivity contribution in [3.8, 4) is 28.6 Å². The van der Waals surface area contributed by atoms with Crippen LogP contribution in [0.1, 0.15) is 5.56 Å². The summed E-state index contributed by atoms with van der Waals surface area (Å²) in [5.74, 6) is 1.04. The maximum Gasteiger partial charge on any atom is 0.248 e. The van der Waals surface area contributed by atoms with Crippen molar-refractivity contribution >= 4 is 21.8 Å². The fourth-order valence-corrected chi connectivity index (χ4v) is 4.13. The molecular weight excluding hydrogens is 382 g/mol. The topological polar surface area (TPSA) is 43.9 Å². The van der Waals surface area contributed by atoms with Crippen LogP contribution in [0, 0.1) is 6.92 Å². The van der Waals surface area contributed by atoms with Crippen molar-refractivity contribution in [2.24, 2.45) is 0 Å². The van der Waals surface area contributed by atoms with Gasteiger partial charge in [0.1, 0.15) is 0 Å². The summed E-state index contributed by atoms with van der Waals surface area (Å²) in [4.78, 5) is 0. The lowest BCUT2D eigenvalue weighted by molar-refractivity contribution is 0.584. The molecule has 2 aromatic heterocycles. The summed E-state index contributed by atoms with van der Waals surface area (Å²) in [7, 11) is 0. The van der Waals surface area contributed by atoms with Crippen molar-refractivity contribution in [1.82, 2.24) is 14.8 Å². The second kappa shape index (κ2) is 6.96. The van der Waals surface area contributed by atoms with Gasteiger partial charge in [-0.05, 0) is 49.4 Å². The van der Waals surface area contributed by atoms with E-state index in [0.29, 0.717) is 11.8 Å². The molecule has 2 heterocycles. The molecule has 0 spiro atoms. The summed E-state index contributed by atoms with van der Waals surface area (Å²) in [5, 5.41) is 11.0. The molecular formula is C27H19N3O. The van der Waals surface area contributed by atoms with Gasteiger partial charge in [-0.15, -0.1) is 10.2 Å². The van der Waals surface area contributed by atoms with E-state index in [0.717, 1.165) is 16.8 Å². The van der Waals surface area contributed by atoms with E-state index in [9.17, 15) is 0 Å². The second-order valence-corrected chi connectivity index (χ2v) is 7.70. The molecule has 0 N–H and O–H groups in total. The van der Waals surface area contributed by atoms with Gasteiger partial charge in [0.15, 0.2) is 0 Å². The van der Waals surface area contributed by atoms with Gasteiger partial charge >= 0.3 is 0 Å². The van der Waals surface area contributed by atoms with Gasteiger partial charge in [0, 0.05) is 27.6 Å². The number of nitrogens with zero attached hydrogens (tertiary/aromatic N) is 3. The maximum absolute atomic E-state index is 6.01. The van der Waals surface area contributed by atoms with Gasteiger partial charge in [-0.1, -0.05) is 60.2 Å². The van der Waals surface area contributed by atoms with Crippen LogP contribution >= 0.6 is 0 Å². The minimum Gasteiger partial charge on any atom is -0.416 e. The van der Waals surface area contributed by atoms with Crippen LogP contribution in [0.4, 0.5) is 0 Å². The Kier molecular flexibility index (Phi) is 3.96. The second-order valence-electron chi connectivity index (χ2n) is 7.70. The van der Waals surface area contributed by atoms with E-state index in [1.165, 1.54) is 27.4 Å². The van der Waals surface area contributed by atoms with E-state index in [2.05, 4.69) is 82.4 Å². The van der Waals surface area contributed by atoms with Gasteiger partial charge in [0.05, 0.1) is 11.0 Å². The molecule has 0 saturated heterocycles. The van der Waals surface area contributed by atoms with Crippen LogP contribution < -0.4 is 0 Å². The van der Waals surface area contributed by atoms with Crippen LogP contribution in [0.15, 0.2) is 101 Å². The zero-order chi connectivity index (χ0) is 20.8. The minimum atomic E-state index is 0.512. The van der Waals surface area contributed by atoms with Crippen LogP contribution in [0.3, 0.4) is 0 Å². The number of hydrogen-bond donors (Lipinski definition) is 0. The quantitative estimate of drug-likeness (QED) is 0.327. The van der Waals surface area contributed by atoms with Gasteiger partial charge in [-0.2, -0.15) is 0 Å². The highest BCUT2D eigenvalue weighted by atomic mass is 16.4. The van der Waals surface area contributed by atoms with E-state index in [-0.39, 0.29) is 0 Å². The van der Waals surface area contributed by atoms with Gasteiger partial charge in [-0.3, -0.25) is 0 Å². The van der Waals surface area contributed by atoms with Crippen LogP contribution in [0.2, 0.25) is 0 Å². The lowest BCUT2D eigenvalue weighted by atomic mass is 10.1. The number of hydrogen-bond acceptors (Lipinski definition) is 3. The lowest BCUT2D eigenvalue weighted by Gasteiger charge is -2.08.